The third-order valence-corrected chi connectivity index (χ3v) is 4.06. The maximum absolute atomic E-state index is 13.2. The number of rotatable bonds is 2. The van der Waals surface area contributed by atoms with Gasteiger partial charge in [-0.2, -0.15) is 0 Å². The summed E-state index contributed by atoms with van der Waals surface area (Å²) in [6.45, 7) is 1.98. The normalized spacial score (nSPS) is 18.9. The van der Waals surface area contributed by atoms with Gasteiger partial charge in [-0.1, -0.05) is 35.9 Å². The van der Waals surface area contributed by atoms with Gasteiger partial charge in [0.2, 0.25) is 5.91 Å². The molecule has 5 heteroatoms. The number of aryl methyl sites for hydroxylation is 1. The first-order valence-electron chi connectivity index (χ1n) is 5.85. The summed E-state index contributed by atoms with van der Waals surface area (Å²) in [6.07, 6.45) is 4.59. The van der Waals surface area contributed by atoms with E-state index in [1.165, 1.54) is 12.1 Å². The number of allylic oxidation sites excluding steroid dienone is 1. The molecule has 2 nitrogen and oxygen atoms in total. The van der Waals surface area contributed by atoms with Crippen molar-refractivity contribution in [3.05, 3.63) is 41.2 Å². The van der Waals surface area contributed by atoms with E-state index in [0.717, 1.165) is 23.2 Å². The van der Waals surface area contributed by atoms with E-state index in [1.807, 2.05) is 6.92 Å². The SMILES string of the molecule is CCc1cc(F)ccc1C1=[C-]CC(I)C(=O)N1C.[Y]. The summed E-state index contributed by atoms with van der Waals surface area (Å²) in [4.78, 5) is 13.6. The molecule has 1 unspecified atom stereocenters. The van der Waals surface area contributed by atoms with Gasteiger partial charge in [-0.15, -0.1) is 22.9 Å². The fourth-order valence-corrected chi connectivity index (χ4v) is 2.71. The van der Waals surface area contributed by atoms with E-state index in [0.29, 0.717) is 6.42 Å². The van der Waals surface area contributed by atoms with Gasteiger partial charge in [0.25, 0.3) is 0 Å². The summed E-state index contributed by atoms with van der Waals surface area (Å²) in [7, 11) is 1.75. The van der Waals surface area contributed by atoms with Crippen LogP contribution in [0.2, 0.25) is 0 Å². The van der Waals surface area contributed by atoms with Crippen LogP contribution in [0, 0.1) is 11.9 Å². The number of alkyl halides is 1. The Morgan fingerprint density at radius 2 is 2.21 bits per heavy atom. The van der Waals surface area contributed by atoms with E-state index in [1.54, 1.807) is 18.0 Å². The number of benzene rings is 1. The molecule has 0 bridgehead atoms. The first-order valence-corrected chi connectivity index (χ1v) is 7.10. The molecule has 99 valence electrons. The maximum atomic E-state index is 13.2. The molecule has 1 amide bonds. The van der Waals surface area contributed by atoms with Crippen molar-refractivity contribution in [2.24, 2.45) is 0 Å². The van der Waals surface area contributed by atoms with E-state index >= 15 is 0 Å². The molecule has 1 heterocycles. The van der Waals surface area contributed by atoms with Gasteiger partial charge in [0.15, 0.2) is 0 Å². The summed E-state index contributed by atoms with van der Waals surface area (Å²) in [6, 6.07) is 4.68. The minimum absolute atomic E-state index is 0. The topological polar surface area (TPSA) is 20.3 Å². The van der Waals surface area contributed by atoms with Crippen LogP contribution in [-0.2, 0) is 43.9 Å². The molecule has 19 heavy (non-hydrogen) atoms. The zero-order valence-electron chi connectivity index (χ0n) is 10.9. The summed E-state index contributed by atoms with van der Waals surface area (Å²) in [5.41, 5.74) is 2.58. The molecule has 0 aromatic heterocycles. The molecule has 1 atom stereocenters. The van der Waals surface area contributed by atoms with E-state index in [2.05, 4.69) is 28.7 Å². The van der Waals surface area contributed by atoms with Crippen molar-refractivity contribution >= 4 is 34.2 Å². The third kappa shape index (κ3) is 3.64. The molecule has 1 aliphatic rings. The van der Waals surface area contributed by atoms with Gasteiger partial charge in [-0.25, -0.2) is 10.5 Å². The van der Waals surface area contributed by atoms with Crippen molar-refractivity contribution in [3.8, 4) is 0 Å². The summed E-state index contributed by atoms with van der Waals surface area (Å²) in [5.74, 6) is -0.163. The van der Waals surface area contributed by atoms with Gasteiger partial charge in [0.1, 0.15) is 5.82 Å². The van der Waals surface area contributed by atoms with E-state index in [-0.39, 0.29) is 48.4 Å². The van der Waals surface area contributed by atoms with E-state index < -0.39 is 0 Å². The van der Waals surface area contributed by atoms with Crippen LogP contribution in [0.15, 0.2) is 18.2 Å². The largest absolute Gasteiger partial charge is 0.350 e. The molecule has 0 saturated carbocycles. The Morgan fingerprint density at radius 3 is 2.84 bits per heavy atom. The minimum atomic E-state index is -0.243. The van der Waals surface area contributed by atoms with Crippen molar-refractivity contribution < 1.29 is 41.9 Å². The second-order valence-electron chi connectivity index (χ2n) is 4.25. The molecule has 2 rings (SSSR count). The number of carbonyl (C=O) groups is 1. The fourth-order valence-electron chi connectivity index (χ4n) is 2.07. The van der Waals surface area contributed by atoms with Crippen LogP contribution in [0.4, 0.5) is 4.39 Å². The smallest absolute Gasteiger partial charge is 0.235 e. The summed E-state index contributed by atoms with van der Waals surface area (Å²) in [5, 5.41) is 0. The Morgan fingerprint density at radius 1 is 1.53 bits per heavy atom. The Hall–Kier alpha value is 0.194. The predicted molar refractivity (Wildman–Crippen MR) is 77.6 cm³/mol. The van der Waals surface area contributed by atoms with Crippen LogP contribution in [0.5, 0.6) is 0 Å². The van der Waals surface area contributed by atoms with Crippen LogP contribution < -0.4 is 0 Å². The van der Waals surface area contributed by atoms with Crippen LogP contribution in [-0.4, -0.2) is 21.8 Å². The van der Waals surface area contributed by atoms with Crippen molar-refractivity contribution in [2.75, 3.05) is 7.05 Å². The Kier molecular flexibility index (Phi) is 6.60. The zero-order chi connectivity index (χ0) is 13.3. The number of halogens is 2. The number of hydrogen-bond acceptors (Lipinski definition) is 1. The molecule has 0 N–H and O–H groups in total. The minimum Gasteiger partial charge on any atom is -0.350 e. The Balaban J connectivity index is 0.00000180. The van der Waals surface area contributed by atoms with Gasteiger partial charge in [-0.3, -0.25) is 4.79 Å². The van der Waals surface area contributed by atoms with Crippen LogP contribution in [0.25, 0.3) is 5.70 Å². The molecule has 1 radical (unpaired) electrons. The monoisotopic (exact) mass is 447 g/mol. The Labute approximate surface area is 151 Å². The van der Waals surface area contributed by atoms with Crippen molar-refractivity contribution in [3.63, 3.8) is 0 Å². The second-order valence-corrected chi connectivity index (χ2v) is 5.75. The summed E-state index contributed by atoms with van der Waals surface area (Å²) >= 11 is 2.12. The standard InChI is InChI=1S/C14H14FINO.Y/c1-3-9-8-10(15)4-5-11(9)13-7-6-12(16)14(18)17(13)2;/h4-5,8,12H,3,6H2,1-2H3;/q-1;. The second kappa shape index (κ2) is 7.27. The molecular formula is C14H14FINOY-. The van der Waals surface area contributed by atoms with Crippen molar-refractivity contribution in [1.29, 1.82) is 0 Å². The molecule has 0 spiro atoms. The fraction of sp³-hybridized carbons (Fsp3) is 0.357. The first-order chi connectivity index (χ1) is 8.54. The van der Waals surface area contributed by atoms with Gasteiger partial charge < -0.3 is 4.90 Å². The molecule has 1 aliphatic heterocycles. The van der Waals surface area contributed by atoms with Crippen LogP contribution in [0.3, 0.4) is 0 Å². The van der Waals surface area contributed by atoms with Gasteiger partial charge in [0.05, 0.1) is 3.92 Å². The average molecular weight is 447 g/mol. The maximum Gasteiger partial charge on any atom is 0.235 e. The van der Waals surface area contributed by atoms with Gasteiger partial charge in [-0.05, 0) is 18.6 Å². The zero-order valence-corrected chi connectivity index (χ0v) is 15.9. The molecule has 0 saturated heterocycles. The van der Waals surface area contributed by atoms with E-state index in [9.17, 15) is 9.18 Å². The van der Waals surface area contributed by atoms with Gasteiger partial charge >= 0.3 is 0 Å². The Bertz CT molecular complexity index is 518. The number of hydrogen-bond donors (Lipinski definition) is 0. The number of nitrogens with zero attached hydrogens (tertiary/aromatic N) is 1. The van der Waals surface area contributed by atoms with Gasteiger partial charge in [0, 0.05) is 39.8 Å². The first kappa shape index (κ1) is 17.2. The van der Waals surface area contributed by atoms with Crippen molar-refractivity contribution in [2.45, 2.75) is 23.7 Å². The van der Waals surface area contributed by atoms with Crippen LogP contribution in [0.1, 0.15) is 24.5 Å². The quantitative estimate of drug-likeness (QED) is 0.388. The molecule has 0 fully saturated rings. The number of amides is 1. The molecule has 0 aliphatic carbocycles. The average Bonchev–Trinajstić information content (AvgIpc) is 2.37. The van der Waals surface area contributed by atoms with Crippen LogP contribution >= 0.6 is 22.6 Å². The third-order valence-electron chi connectivity index (χ3n) is 3.09. The number of carbonyl (C=O) groups excluding carboxylic acids is 1. The predicted octanol–water partition coefficient (Wildman–Crippen LogP) is 3.20. The summed E-state index contributed by atoms with van der Waals surface area (Å²) < 4.78 is 13.2. The molecule has 1 aromatic rings. The van der Waals surface area contributed by atoms with Crippen molar-refractivity contribution in [1.82, 2.24) is 4.90 Å². The molecular weight excluding hydrogens is 433 g/mol. The molecule has 1 aromatic carbocycles. The van der Waals surface area contributed by atoms with E-state index in [4.69, 9.17) is 0 Å².